The Morgan fingerprint density at radius 1 is 1.30 bits per heavy atom. The Morgan fingerprint density at radius 3 is 2.70 bits per heavy atom. The molecule has 0 aliphatic heterocycles. The summed E-state index contributed by atoms with van der Waals surface area (Å²) in [5.74, 6) is 0.909. The van der Waals surface area contributed by atoms with Crippen molar-refractivity contribution in [2.45, 2.75) is 19.4 Å². The average molecular weight is 335 g/mol. The SMILES string of the molecule is CNC(Cc1ccc(Br)cn1)c1cc(C)ccc1OC. The van der Waals surface area contributed by atoms with Gasteiger partial charge in [-0.1, -0.05) is 17.7 Å². The second-order valence-corrected chi connectivity index (χ2v) is 5.67. The van der Waals surface area contributed by atoms with Crippen LogP contribution < -0.4 is 10.1 Å². The van der Waals surface area contributed by atoms with E-state index < -0.39 is 0 Å². The number of hydrogen-bond acceptors (Lipinski definition) is 3. The molecule has 0 saturated carbocycles. The molecule has 1 atom stereocenters. The van der Waals surface area contributed by atoms with Gasteiger partial charge in [-0.2, -0.15) is 0 Å². The van der Waals surface area contributed by atoms with E-state index in [-0.39, 0.29) is 6.04 Å². The minimum Gasteiger partial charge on any atom is -0.496 e. The predicted molar refractivity (Wildman–Crippen MR) is 85.2 cm³/mol. The van der Waals surface area contributed by atoms with Crippen LogP contribution in [0.3, 0.4) is 0 Å². The zero-order chi connectivity index (χ0) is 14.5. The first kappa shape index (κ1) is 15.0. The summed E-state index contributed by atoms with van der Waals surface area (Å²) in [5, 5.41) is 3.35. The third-order valence-corrected chi connectivity index (χ3v) is 3.78. The molecule has 2 rings (SSSR count). The topological polar surface area (TPSA) is 34.2 Å². The summed E-state index contributed by atoms with van der Waals surface area (Å²) < 4.78 is 6.47. The lowest BCUT2D eigenvalue weighted by molar-refractivity contribution is 0.400. The molecule has 0 aliphatic carbocycles. The van der Waals surface area contributed by atoms with Gasteiger partial charge in [-0.05, 0) is 48.1 Å². The standard InChI is InChI=1S/C16H19BrN2O/c1-11-4-7-16(20-3)14(8-11)15(18-2)9-13-6-5-12(17)10-19-13/h4-8,10,15,18H,9H2,1-3H3. The molecule has 1 N–H and O–H groups in total. The first-order chi connectivity index (χ1) is 9.63. The second-order valence-electron chi connectivity index (χ2n) is 4.76. The van der Waals surface area contributed by atoms with Crippen LogP contribution in [0, 0.1) is 6.92 Å². The van der Waals surface area contributed by atoms with Crippen molar-refractivity contribution >= 4 is 15.9 Å². The fourth-order valence-electron chi connectivity index (χ4n) is 2.23. The molecule has 1 aromatic carbocycles. The van der Waals surface area contributed by atoms with Crippen LogP contribution in [0.2, 0.25) is 0 Å². The van der Waals surface area contributed by atoms with Crippen LogP contribution in [-0.2, 0) is 6.42 Å². The molecule has 0 radical (unpaired) electrons. The summed E-state index contributed by atoms with van der Waals surface area (Å²) in [6, 6.07) is 10.5. The van der Waals surface area contributed by atoms with Crippen LogP contribution in [0.25, 0.3) is 0 Å². The van der Waals surface area contributed by atoms with Crippen LogP contribution in [0.5, 0.6) is 5.75 Å². The quantitative estimate of drug-likeness (QED) is 0.905. The van der Waals surface area contributed by atoms with E-state index in [1.54, 1.807) is 7.11 Å². The van der Waals surface area contributed by atoms with Crippen molar-refractivity contribution in [2.75, 3.05) is 14.2 Å². The van der Waals surface area contributed by atoms with E-state index in [0.717, 1.165) is 22.3 Å². The molecule has 0 aliphatic rings. The van der Waals surface area contributed by atoms with Crippen LogP contribution in [0.1, 0.15) is 22.9 Å². The summed E-state index contributed by atoms with van der Waals surface area (Å²) in [7, 11) is 3.67. The Morgan fingerprint density at radius 2 is 2.10 bits per heavy atom. The van der Waals surface area contributed by atoms with E-state index >= 15 is 0 Å². The number of halogens is 1. The number of likely N-dealkylation sites (N-methyl/N-ethyl adjacent to an activating group) is 1. The molecule has 20 heavy (non-hydrogen) atoms. The number of pyridine rings is 1. The highest BCUT2D eigenvalue weighted by molar-refractivity contribution is 9.10. The first-order valence-electron chi connectivity index (χ1n) is 6.56. The van der Waals surface area contributed by atoms with Crippen LogP contribution in [0.4, 0.5) is 0 Å². The Bertz CT molecular complexity index is 569. The van der Waals surface area contributed by atoms with Crippen LogP contribution in [-0.4, -0.2) is 19.1 Å². The van der Waals surface area contributed by atoms with Gasteiger partial charge in [0.05, 0.1) is 7.11 Å². The molecular formula is C16H19BrN2O. The van der Waals surface area contributed by atoms with E-state index in [1.807, 2.05) is 31.4 Å². The van der Waals surface area contributed by atoms with Gasteiger partial charge in [-0.25, -0.2) is 0 Å². The maximum absolute atomic E-state index is 5.47. The molecule has 0 amide bonds. The maximum atomic E-state index is 5.47. The first-order valence-corrected chi connectivity index (χ1v) is 7.35. The third kappa shape index (κ3) is 3.58. The number of rotatable bonds is 5. The van der Waals surface area contributed by atoms with Gasteiger partial charge in [0.1, 0.15) is 5.75 Å². The van der Waals surface area contributed by atoms with Gasteiger partial charge in [-0.15, -0.1) is 0 Å². The summed E-state index contributed by atoms with van der Waals surface area (Å²) >= 11 is 3.41. The summed E-state index contributed by atoms with van der Waals surface area (Å²) in [6.07, 6.45) is 2.65. The van der Waals surface area contributed by atoms with E-state index in [1.165, 1.54) is 11.1 Å². The molecule has 1 unspecified atom stereocenters. The average Bonchev–Trinajstić information content (AvgIpc) is 2.46. The van der Waals surface area contributed by atoms with Crippen LogP contribution in [0.15, 0.2) is 41.0 Å². The predicted octanol–water partition coefficient (Wildman–Crippen LogP) is 3.66. The number of methoxy groups -OCH3 is 1. The number of aromatic nitrogens is 1. The monoisotopic (exact) mass is 334 g/mol. The fraction of sp³-hybridized carbons (Fsp3) is 0.312. The Balaban J connectivity index is 2.28. The van der Waals surface area contributed by atoms with Crippen molar-refractivity contribution in [3.63, 3.8) is 0 Å². The zero-order valence-corrected chi connectivity index (χ0v) is 13.6. The Labute approximate surface area is 128 Å². The van der Waals surface area contributed by atoms with E-state index in [4.69, 9.17) is 4.74 Å². The lowest BCUT2D eigenvalue weighted by Gasteiger charge is -2.19. The zero-order valence-electron chi connectivity index (χ0n) is 12.0. The van der Waals surface area contributed by atoms with Gasteiger partial charge in [-0.3, -0.25) is 4.98 Å². The number of hydrogen-bond donors (Lipinski definition) is 1. The Hall–Kier alpha value is -1.39. The summed E-state index contributed by atoms with van der Waals surface area (Å²) in [4.78, 5) is 4.44. The fourth-order valence-corrected chi connectivity index (χ4v) is 2.46. The number of benzene rings is 1. The highest BCUT2D eigenvalue weighted by atomic mass is 79.9. The molecule has 4 heteroatoms. The molecule has 1 aromatic heterocycles. The highest BCUT2D eigenvalue weighted by Crippen LogP contribution is 2.28. The van der Waals surface area contributed by atoms with Crippen molar-refractivity contribution in [1.29, 1.82) is 0 Å². The van der Waals surface area contributed by atoms with Gasteiger partial charge >= 0.3 is 0 Å². The second kappa shape index (κ2) is 6.86. The minimum atomic E-state index is 0.179. The molecule has 0 spiro atoms. The van der Waals surface area contributed by atoms with Crippen molar-refractivity contribution < 1.29 is 4.74 Å². The molecule has 0 fully saturated rings. The van der Waals surface area contributed by atoms with Crippen molar-refractivity contribution in [3.8, 4) is 5.75 Å². The van der Waals surface area contributed by atoms with Gasteiger partial charge in [0.25, 0.3) is 0 Å². The Kier molecular flexibility index (Phi) is 5.15. The van der Waals surface area contributed by atoms with Gasteiger partial charge < -0.3 is 10.1 Å². The van der Waals surface area contributed by atoms with Crippen molar-refractivity contribution in [3.05, 3.63) is 57.8 Å². The third-order valence-electron chi connectivity index (χ3n) is 3.31. The molecule has 2 aromatic rings. The van der Waals surface area contributed by atoms with Gasteiger partial charge in [0.2, 0.25) is 0 Å². The van der Waals surface area contributed by atoms with Gasteiger partial charge in [0.15, 0.2) is 0 Å². The van der Waals surface area contributed by atoms with Crippen molar-refractivity contribution in [1.82, 2.24) is 10.3 Å². The molecule has 3 nitrogen and oxygen atoms in total. The van der Waals surface area contributed by atoms with E-state index in [9.17, 15) is 0 Å². The number of nitrogens with one attached hydrogen (secondary N) is 1. The highest BCUT2D eigenvalue weighted by Gasteiger charge is 2.15. The molecule has 1 heterocycles. The van der Waals surface area contributed by atoms with E-state index in [2.05, 4.69) is 45.3 Å². The largest absolute Gasteiger partial charge is 0.496 e. The lowest BCUT2D eigenvalue weighted by atomic mass is 9.99. The normalized spacial score (nSPS) is 12.2. The smallest absolute Gasteiger partial charge is 0.123 e. The van der Waals surface area contributed by atoms with E-state index in [0.29, 0.717) is 0 Å². The molecular weight excluding hydrogens is 316 g/mol. The summed E-state index contributed by atoms with van der Waals surface area (Å²) in [6.45, 7) is 2.09. The molecule has 0 bridgehead atoms. The number of ether oxygens (including phenoxy) is 1. The maximum Gasteiger partial charge on any atom is 0.123 e. The van der Waals surface area contributed by atoms with Crippen LogP contribution >= 0.6 is 15.9 Å². The summed E-state index contributed by atoms with van der Waals surface area (Å²) in [5.41, 5.74) is 3.45. The minimum absolute atomic E-state index is 0.179. The number of aryl methyl sites for hydroxylation is 1. The molecule has 106 valence electrons. The van der Waals surface area contributed by atoms with Crippen molar-refractivity contribution in [2.24, 2.45) is 0 Å². The number of nitrogens with zero attached hydrogens (tertiary/aromatic N) is 1. The molecule has 0 saturated heterocycles. The lowest BCUT2D eigenvalue weighted by Crippen LogP contribution is -2.20. The van der Waals surface area contributed by atoms with Gasteiger partial charge in [0, 0.05) is 34.4 Å².